The van der Waals surface area contributed by atoms with Gasteiger partial charge in [0.15, 0.2) is 0 Å². The molecule has 0 radical (unpaired) electrons. The lowest BCUT2D eigenvalue weighted by atomic mass is 9.95. The van der Waals surface area contributed by atoms with Gasteiger partial charge in [0.25, 0.3) is 5.91 Å². The van der Waals surface area contributed by atoms with Gasteiger partial charge in [0.2, 0.25) is 0 Å². The Bertz CT molecular complexity index is 723. The first kappa shape index (κ1) is 16.4. The molecule has 0 atom stereocenters. The van der Waals surface area contributed by atoms with Gasteiger partial charge in [0, 0.05) is 17.8 Å². The van der Waals surface area contributed by atoms with Crippen LogP contribution < -0.4 is 10.6 Å². The van der Waals surface area contributed by atoms with Crippen LogP contribution in [0, 0.1) is 13.8 Å². The zero-order valence-corrected chi connectivity index (χ0v) is 14.3. The summed E-state index contributed by atoms with van der Waals surface area (Å²) >= 11 is 0. The Kier molecular flexibility index (Phi) is 5.08. The van der Waals surface area contributed by atoms with E-state index < -0.39 is 0 Å². The number of aryl methyl sites for hydroxylation is 2. The highest BCUT2D eigenvalue weighted by Crippen LogP contribution is 2.20. The second-order valence-corrected chi connectivity index (χ2v) is 6.43. The molecule has 5 heteroatoms. The minimum Gasteiger partial charge on any atom is -0.348 e. The second-order valence-electron chi connectivity index (χ2n) is 6.43. The van der Waals surface area contributed by atoms with Gasteiger partial charge in [0.05, 0.1) is 0 Å². The van der Waals surface area contributed by atoms with E-state index in [0.29, 0.717) is 17.3 Å². The minimum atomic E-state index is -0.111. The quantitative estimate of drug-likeness (QED) is 0.895. The van der Waals surface area contributed by atoms with Crippen LogP contribution in [0.5, 0.6) is 0 Å². The van der Waals surface area contributed by atoms with Crippen LogP contribution in [0.15, 0.2) is 30.3 Å². The third-order valence-corrected chi connectivity index (χ3v) is 4.42. The highest BCUT2D eigenvalue weighted by atomic mass is 16.1. The van der Waals surface area contributed by atoms with Crippen molar-refractivity contribution < 1.29 is 4.79 Å². The molecule has 1 aliphatic rings. The van der Waals surface area contributed by atoms with E-state index >= 15 is 0 Å². The average Bonchev–Trinajstić information content (AvgIpc) is 2.57. The topological polar surface area (TPSA) is 66.9 Å². The van der Waals surface area contributed by atoms with Crippen LogP contribution in [0.25, 0.3) is 0 Å². The SMILES string of the molecule is Cc1nc(Nc2ccccc2C)cc(C(=O)NC2CCCCC2)n1. The number of carbonyl (C=O) groups excluding carboxylic acids is 1. The van der Waals surface area contributed by atoms with E-state index in [-0.39, 0.29) is 11.9 Å². The molecule has 1 heterocycles. The number of nitrogens with one attached hydrogen (secondary N) is 2. The second kappa shape index (κ2) is 7.43. The van der Waals surface area contributed by atoms with E-state index in [2.05, 4.69) is 20.6 Å². The van der Waals surface area contributed by atoms with Gasteiger partial charge in [-0.3, -0.25) is 4.79 Å². The molecule has 2 aromatic rings. The zero-order chi connectivity index (χ0) is 16.9. The standard InChI is InChI=1S/C19H24N4O/c1-13-8-6-7-11-16(13)23-18-12-17(20-14(2)21-18)19(24)22-15-9-4-3-5-10-15/h6-8,11-12,15H,3-5,9-10H2,1-2H3,(H,22,24)(H,20,21,23). The van der Waals surface area contributed by atoms with E-state index in [4.69, 9.17) is 0 Å². The molecule has 24 heavy (non-hydrogen) atoms. The molecule has 2 N–H and O–H groups in total. The predicted molar refractivity (Wildman–Crippen MR) is 95.6 cm³/mol. The molecule has 1 aromatic carbocycles. The maximum absolute atomic E-state index is 12.5. The Morgan fingerprint density at radius 1 is 1.08 bits per heavy atom. The predicted octanol–water partition coefficient (Wildman–Crippen LogP) is 3.90. The van der Waals surface area contributed by atoms with Crippen molar-refractivity contribution in [1.29, 1.82) is 0 Å². The number of nitrogens with zero attached hydrogens (tertiary/aromatic N) is 2. The number of benzene rings is 1. The van der Waals surface area contributed by atoms with Crippen molar-refractivity contribution in [2.24, 2.45) is 0 Å². The molecule has 1 fully saturated rings. The van der Waals surface area contributed by atoms with Crippen LogP contribution >= 0.6 is 0 Å². The van der Waals surface area contributed by atoms with Gasteiger partial charge in [-0.1, -0.05) is 37.5 Å². The lowest BCUT2D eigenvalue weighted by Gasteiger charge is -2.22. The number of rotatable bonds is 4. The molecule has 5 nitrogen and oxygen atoms in total. The minimum absolute atomic E-state index is 0.111. The molecule has 0 aliphatic heterocycles. The normalized spacial score (nSPS) is 15.1. The Balaban J connectivity index is 1.75. The molecule has 0 saturated heterocycles. The van der Waals surface area contributed by atoms with Gasteiger partial charge < -0.3 is 10.6 Å². The van der Waals surface area contributed by atoms with Gasteiger partial charge >= 0.3 is 0 Å². The van der Waals surface area contributed by atoms with Crippen LogP contribution in [0.1, 0.15) is 54.0 Å². The van der Waals surface area contributed by atoms with Crippen LogP contribution in [-0.4, -0.2) is 21.9 Å². The Labute approximate surface area is 142 Å². The average molecular weight is 324 g/mol. The van der Waals surface area contributed by atoms with Gasteiger partial charge in [-0.25, -0.2) is 9.97 Å². The number of amides is 1. The number of hydrogen-bond acceptors (Lipinski definition) is 4. The van der Waals surface area contributed by atoms with E-state index in [1.165, 1.54) is 19.3 Å². The number of para-hydroxylation sites is 1. The van der Waals surface area contributed by atoms with E-state index in [0.717, 1.165) is 24.1 Å². The van der Waals surface area contributed by atoms with Crippen LogP contribution in [-0.2, 0) is 0 Å². The third kappa shape index (κ3) is 4.10. The highest BCUT2D eigenvalue weighted by molar-refractivity contribution is 5.93. The number of carbonyl (C=O) groups is 1. The molecule has 1 aromatic heterocycles. The number of hydrogen-bond donors (Lipinski definition) is 2. The van der Waals surface area contributed by atoms with Crippen LogP contribution in [0.2, 0.25) is 0 Å². The van der Waals surface area contributed by atoms with Crippen molar-refractivity contribution in [1.82, 2.24) is 15.3 Å². The van der Waals surface area contributed by atoms with E-state index in [1.807, 2.05) is 31.2 Å². The maximum Gasteiger partial charge on any atom is 0.270 e. The van der Waals surface area contributed by atoms with Gasteiger partial charge in [0.1, 0.15) is 17.3 Å². The molecule has 0 bridgehead atoms. The van der Waals surface area contributed by atoms with Crippen LogP contribution in [0.3, 0.4) is 0 Å². The Morgan fingerprint density at radius 2 is 1.83 bits per heavy atom. The molecule has 1 saturated carbocycles. The maximum atomic E-state index is 12.5. The summed E-state index contributed by atoms with van der Waals surface area (Å²) in [5.41, 5.74) is 2.53. The molecular weight excluding hydrogens is 300 g/mol. The van der Waals surface area contributed by atoms with Gasteiger partial charge in [-0.05, 0) is 38.3 Å². The van der Waals surface area contributed by atoms with Crippen LogP contribution in [0.4, 0.5) is 11.5 Å². The molecule has 3 rings (SSSR count). The number of anilines is 2. The molecule has 0 spiro atoms. The Morgan fingerprint density at radius 3 is 2.58 bits per heavy atom. The summed E-state index contributed by atoms with van der Waals surface area (Å²) in [4.78, 5) is 21.2. The fourth-order valence-electron chi connectivity index (χ4n) is 3.11. The van der Waals surface area contributed by atoms with E-state index in [1.54, 1.807) is 13.0 Å². The summed E-state index contributed by atoms with van der Waals surface area (Å²) in [5, 5.41) is 6.39. The molecule has 0 unspecified atom stereocenters. The summed E-state index contributed by atoms with van der Waals surface area (Å²) in [6.07, 6.45) is 5.76. The molecule has 1 amide bonds. The van der Waals surface area contributed by atoms with Crippen molar-refractivity contribution in [3.8, 4) is 0 Å². The Hall–Kier alpha value is -2.43. The number of aromatic nitrogens is 2. The first-order valence-electron chi connectivity index (χ1n) is 8.61. The van der Waals surface area contributed by atoms with E-state index in [9.17, 15) is 4.79 Å². The fourth-order valence-corrected chi connectivity index (χ4v) is 3.11. The lowest BCUT2D eigenvalue weighted by molar-refractivity contribution is 0.0922. The zero-order valence-electron chi connectivity index (χ0n) is 14.3. The third-order valence-electron chi connectivity index (χ3n) is 4.42. The molecule has 126 valence electrons. The smallest absolute Gasteiger partial charge is 0.270 e. The van der Waals surface area contributed by atoms with Crippen molar-refractivity contribution in [2.45, 2.75) is 52.0 Å². The van der Waals surface area contributed by atoms with Crippen molar-refractivity contribution in [2.75, 3.05) is 5.32 Å². The van der Waals surface area contributed by atoms with Crippen molar-refractivity contribution >= 4 is 17.4 Å². The molecular formula is C19H24N4O. The summed E-state index contributed by atoms with van der Waals surface area (Å²) in [5.74, 6) is 1.12. The first-order valence-corrected chi connectivity index (χ1v) is 8.61. The highest BCUT2D eigenvalue weighted by Gasteiger charge is 2.18. The van der Waals surface area contributed by atoms with Crippen molar-refractivity contribution in [3.63, 3.8) is 0 Å². The monoisotopic (exact) mass is 324 g/mol. The van der Waals surface area contributed by atoms with Gasteiger partial charge in [-0.2, -0.15) is 0 Å². The molecule has 1 aliphatic carbocycles. The largest absolute Gasteiger partial charge is 0.348 e. The first-order chi connectivity index (χ1) is 11.6. The summed E-state index contributed by atoms with van der Waals surface area (Å²) in [6.45, 7) is 3.84. The summed E-state index contributed by atoms with van der Waals surface area (Å²) < 4.78 is 0. The van der Waals surface area contributed by atoms with Gasteiger partial charge in [-0.15, -0.1) is 0 Å². The lowest BCUT2D eigenvalue weighted by Crippen LogP contribution is -2.36. The fraction of sp³-hybridized carbons (Fsp3) is 0.421. The van der Waals surface area contributed by atoms with Crippen molar-refractivity contribution in [3.05, 3.63) is 47.4 Å². The summed E-state index contributed by atoms with van der Waals surface area (Å²) in [7, 11) is 0. The summed E-state index contributed by atoms with van der Waals surface area (Å²) in [6, 6.07) is 9.99.